The molecule has 1 aromatic rings. The van der Waals surface area contributed by atoms with Crippen LogP contribution in [0, 0.1) is 0 Å². The second-order valence-corrected chi connectivity index (χ2v) is 6.70. The predicted octanol–water partition coefficient (Wildman–Crippen LogP) is 6.21. The van der Waals surface area contributed by atoms with Crippen molar-refractivity contribution in [2.45, 2.75) is 103 Å². The molecule has 0 spiro atoms. The molecule has 0 bridgehead atoms. The Morgan fingerprint density at radius 2 is 1.04 bits per heavy atom. The molecule has 132 valence electrons. The number of hydrogen-bond donors (Lipinski definition) is 1. The SMILES string of the molecule is CCCCCCCCCCCCCCCCc1ncc(O)cn1. The highest BCUT2D eigenvalue weighted by atomic mass is 16.3. The summed E-state index contributed by atoms with van der Waals surface area (Å²) in [5.41, 5.74) is 0. The number of aromatic nitrogens is 2. The van der Waals surface area contributed by atoms with Crippen molar-refractivity contribution in [1.82, 2.24) is 9.97 Å². The quantitative estimate of drug-likeness (QED) is 0.391. The Kier molecular flexibility index (Phi) is 12.5. The van der Waals surface area contributed by atoms with Crippen LogP contribution >= 0.6 is 0 Å². The third-order valence-corrected chi connectivity index (χ3v) is 4.45. The molecule has 1 heterocycles. The van der Waals surface area contributed by atoms with Crippen molar-refractivity contribution in [2.24, 2.45) is 0 Å². The molecule has 0 aromatic carbocycles. The second-order valence-electron chi connectivity index (χ2n) is 6.70. The lowest BCUT2D eigenvalue weighted by Crippen LogP contribution is -1.93. The lowest BCUT2D eigenvalue weighted by atomic mass is 10.0. The molecule has 0 unspecified atom stereocenters. The summed E-state index contributed by atoms with van der Waals surface area (Å²) >= 11 is 0. The topological polar surface area (TPSA) is 46.0 Å². The normalized spacial score (nSPS) is 11.0. The molecule has 0 amide bonds. The van der Waals surface area contributed by atoms with E-state index in [2.05, 4.69) is 16.9 Å². The maximum atomic E-state index is 9.13. The van der Waals surface area contributed by atoms with Gasteiger partial charge in [0.15, 0.2) is 5.75 Å². The molecule has 0 saturated carbocycles. The van der Waals surface area contributed by atoms with Crippen molar-refractivity contribution < 1.29 is 5.11 Å². The summed E-state index contributed by atoms with van der Waals surface area (Å²) in [6, 6.07) is 0. The van der Waals surface area contributed by atoms with Gasteiger partial charge in [-0.25, -0.2) is 9.97 Å². The van der Waals surface area contributed by atoms with Crippen LogP contribution in [0.25, 0.3) is 0 Å². The van der Waals surface area contributed by atoms with E-state index in [4.69, 9.17) is 5.11 Å². The van der Waals surface area contributed by atoms with Crippen LogP contribution in [0.2, 0.25) is 0 Å². The van der Waals surface area contributed by atoms with E-state index in [9.17, 15) is 0 Å². The molecule has 1 N–H and O–H groups in total. The monoisotopic (exact) mass is 320 g/mol. The minimum Gasteiger partial charge on any atom is -0.505 e. The molecular formula is C20H36N2O. The van der Waals surface area contributed by atoms with Crippen LogP contribution in [0.1, 0.15) is 103 Å². The molecule has 3 heteroatoms. The number of unbranched alkanes of at least 4 members (excludes halogenated alkanes) is 13. The molecule has 0 fully saturated rings. The summed E-state index contributed by atoms with van der Waals surface area (Å²) in [6.07, 6.45) is 23.2. The first-order chi connectivity index (χ1) is 11.3. The predicted molar refractivity (Wildman–Crippen MR) is 97.7 cm³/mol. The zero-order chi connectivity index (χ0) is 16.6. The zero-order valence-electron chi connectivity index (χ0n) is 15.1. The molecule has 1 aromatic heterocycles. The molecule has 0 aliphatic rings. The van der Waals surface area contributed by atoms with Gasteiger partial charge in [-0.15, -0.1) is 0 Å². The Labute approximate surface area is 143 Å². The molecular weight excluding hydrogens is 284 g/mol. The van der Waals surface area contributed by atoms with Crippen LogP contribution in [0.15, 0.2) is 12.4 Å². The van der Waals surface area contributed by atoms with Crippen LogP contribution in [0.5, 0.6) is 5.75 Å². The number of nitrogens with zero attached hydrogens (tertiary/aromatic N) is 2. The van der Waals surface area contributed by atoms with E-state index in [0.29, 0.717) is 0 Å². The molecule has 23 heavy (non-hydrogen) atoms. The van der Waals surface area contributed by atoms with Gasteiger partial charge < -0.3 is 5.11 Å². The zero-order valence-corrected chi connectivity index (χ0v) is 15.1. The maximum Gasteiger partial charge on any atom is 0.152 e. The highest BCUT2D eigenvalue weighted by Gasteiger charge is 1.98. The van der Waals surface area contributed by atoms with Crippen LogP contribution < -0.4 is 0 Å². The Morgan fingerprint density at radius 1 is 0.652 bits per heavy atom. The van der Waals surface area contributed by atoms with Crippen LogP contribution in [-0.2, 0) is 6.42 Å². The van der Waals surface area contributed by atoms with Gasteiger partial charge in [-0.1, -0.05) is 90.4 Å². The summed E-state index contributed by atoms with van der Waals surface area (Å²) in [7, 11) is 0. The van der Waals surface area contributed by atoms with E-state index in [-0.39, 0.29) is 5.75 Å². The van der Waals surface area contributed by atoms with Crippen molar-refractivity contribution in [3.8, 4) is 5.75 Å². The standard InChI is InChI=1S/C20H36N2O/c1-2-3-4-5-6-7-8-9-10-11-12-13-14-15-16-20-21-17-19(23)18-22-20/h17-18,23H,2-16H2,1H3. The Balaban J connectivity index is 1.77. The van der Waals surface area contributed by atoms with Crippen molar-refractivity contribution in [3.63, 3.8) is 0 Å². The molecule has 0 radical (unpaired) electrons. The van der Waals surface area contributed by atoms with Gasteiger partial charge >= 0.3 is 0 Å². The first-order valence-corrected chi connectivity index (χ1v) is 9.83. The van der Waals surface area contributed by atoms with Gasteiger partial charge in [0, 0.05) is 6.42 Å². The number of aryl methyl sites for hydroxylation is 1. The van der Waals surface area contributed by atoms with E-state index in [1.165, 1.54) is 95.9 Å². The Hall–Kier alpha value is -1.12. The Bertz CT molecular complexity index is 364. The van der Waals surface area contributed by atoms with Crippen molar-refractivity contribution in [1.29, 1.82) is 0 Å². The smallest absolute Gasteiger partial charge is 0.152 e. The van der Waals surface area contributed by atoms with E-state index in [0.717, 1.165) is 18.7 Å². The largest absolute Gasteiger partial charge is 0.505 e. The summed E-state index contributed by atoms with van der Waals surface area (Å²) in [5.74, 6) is 0.997. The highest BCUT2D eigenvalue weighted by molar-refractivity contribution is 5.09. The van der Waals surface area contributed by atoms with Gasteiger partial charge in [0.1, 0.15) is 5.82 Å². The fourth-order valence-electron chi connectivity index (χ4n) is 2.95. The fourth-order valence-corrected chi connectivity index (χ4v) is 2.95. The minimum atomic E-state index is 0.148. The maximum absolute atomic E-state index is 9.13. The van der Waals surface area contributed by atoms with Crippen molar-refractivity contribution in [3.05, 3.63) is 18.2 Å². The van der Waals surface area contributed by atoms with Crippen LogP contribution in [0.3, 0.4) is 0 Å². The lowest BCUT2D eigenvalue weighted by Gasteiger charge is -2.03. The average molecular weight is 321 g/mol. The van der Waals surface area contributed by atoms with E-state index < -0.39 is 0 Å². The van der Waals surface area contributed by atoms with Gasteiger partial charge in [-0.2, -0.15) is 0 Å². The van der Waals surface area contributed by atoms with Crippen molar-refractivity contribution >= 4 is 0 Å². The summed E-state index contributed by atoms with van der Waals surface area (Å²) in [4.78, 5) is 8.23. The first-order valence-electron chi connectivity index (χ1n) is 9.83. The van der Waals surface area contributed by atoms with E-state index in [1.54, 1.807) is 0 Å². The van der Waals surface area contributed by atoms with E-state index in [1.807, 2.05) is 0 Å². The Morgan fingerprint density at radius 3 is 1.48 bits per heavy atom. The van der Waals surface area contributed by atoms with Gasteiger partial charge in [0.2, 0.25) is 0 Å². The van der Waals surface area contributed by atoms with Crippen LogP contribution in [0.4, 0.5) is 0 Å². The number of hydrogen-bond acceptors (Lipinski definition) is 3. The second kappa shape index (κ2) is 14.5. The highest BCUT2D eigenvalue weighted by Crippen LogP contribution is 2.13. The summed E-state index contributed by atoms with van der Waals surface area (Å²) in [5, 5.41) is 9.13. The summed E-state index contributed by atoms with van der Waals surface area (Å²) in [6.45, 7) is 2.28. The average Bonchev–Trinajstić information content (AvgIpc) is 2.57. The molecule has 0 atom stereocenters. The minimum absolute atomic E-state index is 0.148. The first kappa shape index (κ1) is 19.9. The third-order valence-electron chi connectivity index (χ3n) is 4.45. The molecule has 3 nitrogen and oxygen atoms in total. The van der Waals surface area contributed by atoms with Gasteiger partial charge in [-0.05, 0) is 6.42 Å². The van der Waals surface area contributed by atoms with Gasteiger partial charge in [0.05, 0.1) is 12.4 Å². The van der Waals surface area contributed by atoms with Crippen LogP contribution in [-0.4, -0.2) is 15.1 Å². The van der Waals surface area contributed by atoms with Gasteiger partial charge in [-0.3, -0.25) is 0 Å². The molecule has 0 aliphatic heterocycles. The van der Waals surface area contributed by atoms with Crippen molar-refractivity contribution in [2.75, 3.05) is 0 Å². The summed E-state index contributed by atoms with van der Waals surface area (Å²) < 4.78 is 0. The molecule has 0 aliphatic carbocycles. The molecule has 1 rings (SSSR count). The fraction of sp³-hybridized carbons (Fsp3) is 0.800. The van der Waals surface area contributed by atoms with Gasteiger partial charge in [0.25, 0.3) is 0 Å². The van der Waals surface area contributed by atoms with E-state index >= 15 is 0 Å². The molecule has 0 saturated heterocycles. The third kappa shape index (κ3) is 12.0. The lowest BCUT2D eigenvalue weighted by molar-refractivity contribution is 0.468. The number of rotatable bonds is 15. The number of aromatic hydroxyl groups is 1.